The molecule has 0 bridgehead atoms. The second-order valence-electron chi connectivity index (χ2n) is 10.9. The third-order valence-electron chi connectivity index (χ3n) is 8.44. The lowest BCUT2D eigenvalue weighted by atomic mass is 9.78. The molecule has 2 atom stereocenters. The van der Waals surface area contributed by atoms with Gasteiger partial charge in [0.1, 0.15) is 4.75 Å². The van der Waals surface area contributed by atoms with Gasteiger partial charge in [0, 0.05) is 17.5 Å². The largest absolute Gasteiger partial charge is 0.516 e. The van der Waals surface area contributed by atoms with Crippen LogP contribution in [-0.4, -0.2) is 36.9 Å². The van der Waals surface area contributed by atoms with Crippen LogP contribution in [0.1, 0.15) is 109 Å². The van der Waals surface area contributed by atoms with E-state index in [0.717, 1.165) is 67.9 Å². The summed E-state index contributed by atoms with van der Waals surface area (Å²) < 4.78 is 27.5. The SMILES string of the molecule is CC.CC.CCC/C=C/O.Cc1ccc2c(c1)CCC1N(C(=O)C3CCCCC3)CCC21S(=O)(=O)c1ccc(Cl)cc1. The molecule has 2 aromatic carbocycles. The van der Waals surface area contributed by atoms with Gasteiger partial charge < -0.3 is 10.0 Å². The number of aryl methyl sites for hydroxylation is 2. The molecule has 0 aromatic heterocycles. The summed E-state index contributed by atoms with van der Waals surface area (Å²) in [5, 5.41) is 8.53. The molecule has 1 amide bonds. The standard InChI is InChI=1S/C26H30ClNO3S.C5H10O.2C2H6/c1-18-7-13-23-20(17-18)8-14-24-26(23,32(30,31)22-11-9-21(27)10-12-22)15-16-28(24)25(29)19-5-3-2-4-6-19;1-2-3-4-5-6;2*1-2/h7,9-13,17,19,24H,2-6,8,14-16H2,1H3;4-6H,2-3H2,1H3;2*1-2H3/b;5-4+;;. The maximum atomic E-state index is 14.3. The number of hydrogen-bond donors (Lipinski definition) is 1. The minimum Gasteiger partial charge on any atom is -0.516 e. The van der Waals surface area contributed by atoms with Gasteiger partial charge in [-0.15, -0.1) is 0 Å². The summed E-state index contributed by atoms with van der Waals surface area (Å²) in [6.07, 6.45) is 12.1. The Morgan fingerprint density at radius 1 is 1.02 bits per heavy atom. The zero-order valence-corrected chi connectivity index (χ0v) is 28.1. The molecule has 234 valence electrons. The Labute approximate surface area is 260 Å². The number of benzene rings is 2. The van der Waals surface area contributed by atoms with Gasteiger partial charge in [-0.2, -0.15) is 0 Å². The number of carbonyl (C=O) groups excluding carboxylic acids is 1. The van der Waals surface area contributed by atoms with Crippen molar-refractivity contribution in [1.29, 1.82) is 0 Å². The molecule has 2 aliphatic carbocycles. The van der Waals surface area contributed by atoms with Gasteiger partial charge in [0.15, 0.2) is 9.84 Å². The van der Waals surface area contributed by atoms with E-state index in [1.54, 1.807) is 30.3 Å². The molecular weight excluding hydrogens is 566 g/mol. The van der Waals surface area contributed by atoms with Crippen LogP contribution in [-0.2, 0) is 25.8 Å². The van der Waals surface area contributed by atoms with Crippen molar-refractivity contribution in [2.75, 3.05) is 6.54 Å². The molecule has 42 heavy (non-hydrogen) atoms. The molecule has 1 saturated heterocycles. The number of aliphatic hydroxyl groups is 1. The lowest BCUT2D eigenvalue weighted by Gasteiger charge is -2.43. The van der Waals surface area contributed by atoms with Gasteiger partial charge in [-0.3, -0.25) is 4.79 Å². The van der Waals surface area contributed by atoms with E-state index in [9.17, 15) is 13.2 Å². The van der Waals surface area contributed by atoms with Crippen molar-refractivity contribution in [3.63, 3.8) is 0 Å². The number of carbonyl (C=O) groups is 1. The fourth-order valence-corrected chi connectivity index (χ4v) is 9.06. The smallest absolute Gasteiger partial charge is 0.225 e. The molecule has 7 heteroatoms. The molecule has 1 N–H and O–H groups in total. The highest BCUT2D eigenvalue weighted by molar-refractivity contribution is 7.92. The summed E-state index contributed by atoms with van der Waals surface area (Å²) >= 11 is 6.06. The molecule has 1 heterocycles. The number of halogens is 1. The van der Waals surface area contributed by atoms with Crippen molar-refractivity contribution in [3.8, 4) is 0 Å². The van der Waals surface area contributed by atoms with Gasteiger partial charge in [0.2, 0.25) is 5.91 Å². The van der Waals surface area contributed by atoms with E-state index in [1.165, 1.54) is 6.42 Å². The number of allylic oxidation sites excluding steroid dienone is 1. The van der Waals surface area contributed by atoms with Gasteiger partial charge in [-0.05, 0) is 80.8 Å². The third kappa shape index (κ3) is 7.60. The first-order valence-corrected chi connectivity index (χ1v) is 17.8. The zero-order chi connectivity index (χ0) is 31.3. The van der Waals surface area contributed by atoms with Crippen LogP contribution in [0.2, 0.25) is 5.02 Å². The number of rotatable bonds is 5. The summed E-state index contributed by atoms with van der Waals surface area (Å²) in [7, 11) is -3.75. The second kappa shape index (κ2) is 17.1. The molecule has 2 aromatic rings. The molecule has 0 radical (unpaired) electrons. The van der Waals surface area contributed by atoms with Crippen LogP contribution in [0.25, 0.3) is 0 Å². The fraction of sp³-hybridized carbons (Fsp3) is 0.571. The van der Waals surface area contributed by atoms with E-state index >= 15 is 0 Å². The molecule has 5 nitrogen and oxygen atoms in total. The van der Waals surface area contributed by atoms with Gasteiger partial charge in [-0.25, -0.2) is 8.42 Å². The predicted molar refractivity (Wildman–Crippen MR) is 176 cm³/mol. The topological polar surface area (TPSA) is 74.7 Å². The highest BCUT2D eigenvalue weighted by Gasteiger charge is 2.61. The van der Waals surface area contributed by atoms with Gasteiger partial charge in [0.25, 0.3) is 0 Å². The minimum absolute atomic E-state index is 0.0391. The Hall–Kier alpha value is -2.31. The average molecular weight is 618 g/mol. The lowest BCUT2D eigenvalue weighted by molar-refractivity contribution is -0.137. The van der Waals surface area contributed by atoms with E-state index in [2.05, 4.69) is 13.0 Å². The Morgan fingerprint density at radius 3 is 2.24 bits per heavy atom. The van der Waals surface area contributed by atoms with Gasteiger partial charge in [-0.1, -0.05) is 102 Å². The zero-order valence-electron chi connectivity index (χ0n) is 26.5. The summed E-state index contributed by atoms with van der Waals surface area (Å²) in [5.74, 6) is 0.204. The van der Waals surface area contributed by atoms with Crippen molar-refractivity contribution < 1.29 is 18.3 Å². The lowest BCUT2D eigenvalue weighted by Crippen LogP contribution is -2.53. The van der Waals surface area contributed by atoms with Crippen LogP contribution in [0.3, 0.4) is 0 Å². The number of fused-ring (bicyclic) bond motifs is 3. The van der Waals surface area contributed by atoms with Crippen LogP contribution in [0, 0.1) is 12.8 Å². The first kappa shape index (κ1) is 35.9. The Bertz CT molecular complexity index is 1250. The van der Waals surface area contributed by atoms with Crippen molar-refractivity contribution in [1.82, 2.24) is 4.90 Å². The summed E-state index contributed by atoms with van der Waals surface area (Å²) in [5.41, 5.74) is 3.12. The van der Waals surface area contributed by atoms with Crippen LogP contribution in [0.4, 0.5) is 0 Å². The Morgan fingerprint density at radius 2 is 1.67 bits per heavy atom. The third-order valence-corrected chi connectivity index (χ3v) is 11.2. The van der Waals surface area contributed by atoms with E-state index in [-0.39, 0.29) is 22.8 Å². The maximum absolute atomic E-state index is 14.3. The molecule has 3 aliphatic rings. The summed E-state index contributed by atoms with van der Waals surface area (Å²) in [6.45, 7) is 12.6. The number of aliphatic hydroxyl groups excluding tert-OH is 1. The molecular formula is C35H52ClNO4S. The number of sulfone groups is 1. The second-order valence-corrected chi connectivity index (χ2v) is 13.5. The number of hydrogen-bond acceptors (Lipinski definition) is 4. The minimum atomic E-state index is -3.75. The van der Waals surface area contributed by atoms with E-state index in [0.29, 0.717) is 24.4 Å². The van der Waals surface area contributed by atoms with Crippen molar-refractivity contribution in [2.24, 2.45) is 5.92 Å². The Kier molecular flexibility index (Phi) is 14.6. The van der Waals surface area contributed by atoms with E-state index in [4.69, 9.17) is 16.7 Å². The maximum Gasteiger partial charge on any atom is 0.225 e. The van der Waals surface area contributed by atoms with Crippen LogP contribution in [0.5, 0.6) is 0 Å². The molecule has 2 fully saturated rings. The predicted octanol–water partition coefficient (Wildman–Crippen LogP) is 9.36. The fourth-order valence-electron chi connectivity index (χ4n) is 6.57. The normalized spacial score (nSPS) is 21.5. The molecule has 5 rings (SSSR count). The quantitative estimate of drug-likeness (QED) is 0.339. The number of nitrogens with zero attached hydrogens (tertiary/aromatic N) is 1. The highest BCUT2D eigenvalue weighted by atomic mass is 35.5. The first-order valence-electron chi connectivity index (χ1n) is 16.0. The van der Waals surface area contributed by atoms with Crippen LogP contribution in [0.15, 0.2) is 59.7 Å². The van der Waals surface area contributed by atoms with Crippen LogP contribution >= 0.6 is 11.6 Å². The summed E-state index contributed by atoms with van der Waals surface area (Å²) in [4.78, 5) is 15.8. The monoisotopic (exact) mass is 617 g/mol. The number of unbranched alkanes of at least 4 members (excludes halogenated alkanes) is 1. The molecule has 1 saturated carbocycles. The molecule has 2 unspecified atom stereocenters. The molecule has 1 aliphatic heterocycles. The average Bonchev–Trinajstić information content (AvgIpc) is 3.44. The number of likely N-dealkylation sites (tertiary alicyclic amines) is 1. The summed E-state index contributed by atoms with van der Waals surface area (Å²) in [6, 6.07) is 12.3. The molecule has 0 spiro atoms. The highest BCUT2D eigenvalue weighted by Crippen LogP contribution is 2.53. The van der Waals surface area contributed by atoms with E-state index in [1.807, 2.05) is 51.7 Å². The number of amides is 1. The van der Waals surface area contributed by atoms with Crippen molar-refractivity contribution >= 4 is 27.3 Å². The van der Waals surface area contributed by atoms with Crippen molar-refractivity contribution in [2.45, 2.75) is 121 Å². The van der Waals surface area contributed by atoms with E-state index < -0.39 is 14.6 Å². The van der Waals surface area contributed by atoms with Crippen LogP contribution < -0.4 is 0 Å². The van der Waals surface area contributed by atoms with Gasteiger partial charge in [0.05, 0.1) is 17.2 Å². The van der Waals surface area contributed by atoms with Gasteiger partial charge >= 0.3 is 0 Å². The Balaban J connectivity index is 0.000000543. The first-order chi connectivity index (χ1) is 20.3. The van der Waals surface area contributed by atoms with Crippen molar-refractivity contribution in [3.05, 3.63) is 76.5 Å².